The molecule has 3 aromatic carbocycles. The van der Waals surface area contributed by atoms with Crippen LogP contribution >= 0.6 is 0 Å². The van der Waals surface area contributed by atoms with Crippen molar-refractivity contribution in [3.05, 3.63) is 82.4 Å². The highest BCUT2D eigenvalue weighted by atomic mass is 16.6. The Morgan fingerprint density at radius 1 is 1.04 bits per heavy atom. The van der Waals surface area contributed by atoms with E-state index in [1.807, 2.05) is 49.4 Å². The van der Waals surface area contributed by atoms with Crippen molar-refractivity contribution < 1.29 is 14.5 Å². The minimum atomic E-state index is -0.616. The third-order valence-corrected chi connectivity index (χ3v) is 3.88. The van der Waals surface area contributed by atoms with Crippen LogP contribution in [0.15, 0.2) is 66.7 Å². The predicted molar refractivity (Wildman–Crippen MR) is 94.6 cm³/mol. The molecule has 6 nitrogen and oxygen atoms in total. The number of nitro benzene ring substituents is 1. The summed E-state index contributed by atoms with van der Waals surface area (Å²) >= 11 is 0. The van der Waals surface area contributed by atoms with Gasteiger partial charge in [0.15, 0.2) is 0 Å². The monoisotopic (exact) mass is 336 g/mol. The molecule has 0 spiro atoms. The van der Waals surface area contributed by atoms with E-state index >= 15 is 0 Å². The smallest absolute Gasteiger partial charge is 0.410 e. The van der Waals surface area contributed by atoms with Crippen molar-refractivity contribution in [3.63, 3.8) is 0 Å². The van der Waals surface area contributed by atoms with E-state index in [0.29, 0.717) is 0 Å². The molecule has 0 fully saturated rings. The highest BCUT2D eigenvalue weighted by Gasteiger charge is 2.14. The average molecular weight is 336 g/mol. The van der Waals surface area contributed by atoms with Crippen LogP contribution in [0.5, 0.6) is 5.75 Å². The molecule has 0 saturated carbocycles. The van der Waals surface area contributed by atoms with Crippen LogP contribution in [0.2, 0.25) is 0 Å². The lowest BCUT2D eigenvalue weighted by atomic mass is 10.00. The number of non-ortho nitro benzene ring substituents is 1. The lowest BCUT2D eigenvalue weighted by Gasteiger charge is -2.16. The molecule has 1 atom stereocenters. The minimum absolute atomic E-state index is 0.0584. The summed E-state index contributed by atoms with van der Waals surface area (Å²) in [6.07, 6.45) is -0.616. The van der Waals surface area contributed by atoms with Gasteiger partial charge >= 0.3 is 6.09 Å². The molecule has 0 saturated heterocycles. The van der Waals surface area contributed by atoms with Crippen LogP contribution in [0.4, 0.5) is 10.5 Å². The fourth-order valence-corrected chi connectivity index (χ4v) is 2.65. The van der Waals surface area contributed by atoms with Gasteiger partial charge in [-0.05, 0) is 35.4 Å². The van der Waals surface area contributed by atoms with E-state index in [0.717, 1.165) is 16.3 Å². The number of nitrogens with zero attached hydrogens (tertiary/aromatic N) is 1. The average Bonchev–Trinajstić information content (AvgIpc) is 2.61. The Morgan fingerprint density at radius 2 is 1.72 bits per heavy atom. The van der Waals surface area contributed by atoms with Gasteiger partial charge < -0.3 is 10.1 Å². The molecule has 1 amide bonds. The van der Waals surface area contributed by atoms with E-state index in [9.17, 15) is 14.9 Å². The normalized spacial score (nSPS) is 11.7. The van der Waals surface area contributed by atoms with Gasteiger partial charge in [0, 0.05) is 12.1 Å². The molecule has 0 aliphatic rings. The van der Waals surface area contributed by atoms with E-state index in [-0.39, 0.29) is 17.5 Å². The van der Waals surface area contributed by atoms with Crippen molar-refractivity contribution in [1.29, 1.82) is 0 Å². The van der Waals surface area contributed by atoms with Crippen molar-refractivity contribution in [1.82, 2.24) is 5.32 Å². The molecule has 25 heavy (non-hydrogen) atoms. The number of fused-ring (bicyclic) bond motifs is 1. The molecule has 0 bridgehead atoms. The standard InChI is InChI=1S/C19H16N2O4/c1-13(17-8-4-6-14-5-2-3-7-18(14)17)20-19(22)25-16-11-9-15(10-12-16)21(23)24/h2-13H,1H3,(H,20,22)/t13-/m0/s1. The molecule has 126 valence electrons. The van der Waals surface area contributed by atoms with Crippen LogP contribution in [0.3, 0.4) is 0 Å². The quantitative estimate of drug-likeness (QED) is 0.558. The Bertz CT molecular complexity index is 917. The van der Waals surface area contributed by atoms with Crippen molar-refractivity contribution >= 4 is 22.6 Å². The summed E-state index contributed by atoms with van der Waals surface area (Å²) in [5, 5.41) is 15.6. The first kappa shape index (κ1) is 16.4. The van der Waals surface area contributed by atoms with Gasteiger partial charge in [-0.1, -0.05) is 42.5 Å². The molecule has 6 heteroatoms. The predicted octanol–water partition coefficient (Wildman–Crippen LogP) is 4.60. The molecule has 0 unspecified atom stereocenters. The van der Waals surface area contributed by atoms with Gasteiger partial charge in [0.2, 0.25) is 0 Å². The Morgan fingerprint density at radius 3 is 2.44 bits per heavy atom. The molecule has 0 aliphatic heterocycles. The summed E-state index contributed by atoms with van der Waals surface area (Å²) < 4.78 is 5.18. The number of nitro groups is 1. The zero-order valence-corrected chi connectivity index (χ0v) is 13.5. The van der Waals surface area contributed by atoms with Crippen molar-refractivity contribution in [2.75, 3.05) is 0 Å². The molecule has 3 aromatic rings. The molecule has 0 aromatic heterocycles. The number of rotatable bonds is 4. The van der Waals surface area contributed by atoms with Crippen LogP contribution in [-0.2, 0) is 0 Å². The van der Waals surface area contributed by atoms with E-state index in [1.54, 1.807) is 0 Å². The van der Waals surface area contributed by atoms with Crippen LogP contribution in [-0.4, -0.2) is 11.0 Å². The van der Waals surface area contributed by atoms with E-state index in [2.05, 4.69) is 5.32 Å². The second kappa shape index (κ2) is 7.00. The minimum Gasteiger partial charge on any atom is -0.410 e. The molecule has 3 rings (SSSR count). The number of ether oxygens (including phenoxy) is 1. The number of hydrogen-bond donors (Lipinski definition) is 1. The van der Waals surface area contributed by atoms with Gasteiger partial charge in [-0.2, -0.15) is 0 Å². The highest BCUT2D eigenvalue weighted by molar-refractivity contribution is 5.86. The van der Waals surface area contributed by atoms with Crippen LogP contribution < -0.4 is 10.1 Å². The van der Waals surface area contributed by atoms with Gasteiger partial charge in [0.25, 0.3) is 5.69 Å². The van der Waals surface area contributed by atoms with Crippen molar-refractivity contribution in [2.45, 2.75) is 13.0 Å². The molecule has 0 aliphatic carbocycles. The van der Waals surface area contributed by atoms with Gasteiger partial charge in [-0.3, -0.25) is 10.1 Å². The number of benzene rings is 3. The fraction of sp³-hybridized carbons (Fsp3) is 0.105. The molecular weight excluding hydrogens is 320 g/mol. The summed E-state index contributed by atoms with van der Waals surface area (Å²) in [5.74, 6) is 0.244. The van der Waals surface area contributed by atoms with Crippen LogP contribution in [0, 0.1) is 10.1 Å². The fourth-order valence-electron chi connectivity index (χ4n) is 2.65. The van der Waals surface area contributed by atoms with Gasteiger partial charge in [0.1, 0.15) is 5.75 Å². The third-order valence-electron chi connectivity index (χ3n) is 3.88. The zero-order chi connectivity index (χ0) is 17.8. The Balaban J connectivity index is 1.70. The van der Waals surface area contributed by atoms with Crippen LogP contribution in [0.1, 0.15) is 18.5 Å². The molecular formula is C19H16N2O4. The van der Waals surface area contributed by atoms with Gasteiger partial charge in [0.05, 0.1) is 11.0 Å². The van der Waals surface area contributed by atoms with Crippen LogP contribution in [0.25, 0.3) is 10.8 Å². The molecule has 0 heterocycles. The topological polar surface area (TPSA) is 81.5 Å². The number of nitrogens with one attached hydrogen (secondary N) is 1. The second-order valence-corrected chi connectivity index (χ2v) is 5.57. The van der Waals surface area contributed by atoms with E-state index in [4.69, 9.17) is 4.74 Å². The highest BCUT2D eigenvalue weighted by Crippen LogP contribution is 2.24. The summed E-state index contributed by atoms with van der Waals surface area (Å²) in [6.45, 7) is 1.87. The summed E-state index contributed by atoms with van der Waals surface area (Å²) in [7, 11) is 0. The summed E-state index contributed by atoms with van der Waals surface area (Å²) in [4.78, 5) is 22.2. The molecule has 1 N–H and O–H groups in total. The zero-order valence-electron chi connectivity index (χ0n) is 13.5. The van der Waals surface area contributed by atoms with E-state index < -0.39 is 11.0 Å². The maximum Gasteiger partial charge on any atom is 0.413 e. The summed E-state index contributed by atoms with van der Waals surface area (Å²) in [6, 6.07) is 19.0. The van der Waals surface area contributed by atoms with E-state index in [1.165, 1.54) is 24.3 Å². The Hall–Kier alpha value is -3.41. The first-order chi connectivity index (χ1) is 12.0. The van der Waals surface area contributed by atoms with Gasteiger partial charge in [-0.25, -0.2) is 4.79 Å². The molecule has 0 radical (unpaired) electrons. The lowest BCUT2D eigenvalue weighted by molar-refractivity contribution is -0.384. The largest absolute Gasteiger partial charge is 0.413 e. The number of hydrogen-bond acceptors (Lipinski definition) is 4. The first-order valence-corrected chi connectivity index (χ1v) is 7.75. The third kappa shape index (κ3) is 3.74. The Labute approximate surface area is 144 Å². The van der Waals surface area contributed by atoms with Crippen molar-refractivity contribution in [2.24, 2.45) is 0 Å². The Kier molecular flexibility index (Phi) is 4.61. The number of carbonyl (C=O) groups is 1. The van der Waals surface area contributed by atoms with Gasteiger partial charge in [-0.15, -0.1) is 0 Å². The number of amides is 1. The maximum absolute atomic E-state index is 12.1. The SMILES string of the molecule is C[C@H](NC(=O)Oc1ccc([N+](=O)[O-])cc1)c1cccc2ccccc12. The first-order valence-electron chi connectivity index (χ1n) is 7.75. The summed E-state index contributed by atoms with van der Waals surface area (Å²) in [5.41, 5.74) is 0.927. The number of carbonyl (C=O) groups excluding carboxylic acids is 1. The maximum atomic E-state index is 12.1. The lowest BCUT2D eigenvalue weighted by Crippen LogP contribution is -2.29. The second-order valence-electron chi connectivity index (χ2n) is 5.57. The van der Waals surface area contributed by atoms with Crippen molar-refractivity contribution in [3.8, 4) is 5.75 Å².